The Morgan fingerprint density at radius 2 is 1.58 bits per heavy atom. The second-order valence-corrected chi connectivity index (χ2v) is 17.6. The van der Waals surface area contributed by atoms with E-state index in [1.165, 1.54) is 24.8 Å². The lowest BCUT2D eigenvalue weighted by Gasteiger charge is -2.73. The van der Waals surface area contributed by atoms with Crippen LogP contribution in [0.5, 0.6) is 0 Å². The third-order valence-corrected chi connectivity index (χ3v) is 16.1. The number of aliphatic hydroxyl groups is 4. The minimum absolute atomic E-state index is 0.0515. The molecule has 0 aliphatic heterocycles. The molecular formula is C38H56O5. The maximum atomic E-state index is 15.1. The number of rotatable bonds is 2. The van der Waals surface area contributed by atoms with Gasteiger partial charge in [0.2, 0.25) is 0 Å². The van der Waals surface area contributed by atoms with Gasteiger partial charge in [-0.15, -0.1) is 5.92 Å². The molecule has 12 atom stereocenters. The summed E-state index contributed by atoms with van der Waals surface area (Å²) in [4.78, 5) is 15.1. The number of hydrogen-bond acceptors (Lipinski definition) is 5. The number of ketones is 1. The zero-order valence-electron chi connectivity index (χ0n) is 27.1. The zero-order valence-corrected chi connectivity index (χ0v) is 27.1. The summed E-state index contributed by atoms with van der Waals surface area (Å²) >= 11 is 0. The molecule has 8 rings (SSSR count). The molecule has 5 saturated carbocycles. The fraction of sp³-hybridized carbons (Fsp3) is 0.868. The predicted octanol–water partition coefficient (Wildman–Crippen LogP) is 5.97. The summed E-state index contributed by atoms with van der Waals surface area (Å²) in [5, 5.41) is 46.2. The van der Waals surface area contributed by atoms with Crippen LogP contribution in [0, 0.1) is 68.0 Å². The highest BCUT2D eigenvalue weighted by atomic mass is 16.3. The topological polar surface area (TPSA) is 98.0 Å². The molecule has 0 aromatic carbocycles. The molecule has 4 N–H and O–H groups in total. The van der Waals surface area contributed by atoms with E-state index in [0.29, 0.717) is 18.8 Å². The second-order valence-electron chi connectivity index (χ2n) is 17.6. The van der Waals surface area contributed by atoms with Crippen LogP contribution < -0.4 is 0 Å². The second kappa shape index (κ2) is 9.90. The third kappa shape index (κ3) is 3.76. The Morgan fingerprint density at radius 1 is 0.837 bits per heavy atom. The van der Waals surface area contributed by atoms with Crippen molar-refractivity contribution >= 4 is 5.78 Å². The average Bonchev–Trinajstić information content (AvgIpc) is 3.08. The highest BCUT2D eigenvalue weighted by Gasteiger charge is 2.74. The van der Waals surface area contributed by atoms with E-state index in [-0.39, 0.29) is 51.8 Å². The first-order valence-electron chi connectivity index (χ1n) is 17.7. The van der Waals surface area contributed by atoms with Gasteiger partial charge in [0.05, 0.1) is 18.8 Å². The van der Waals surface area contributed by atoms with Crippen molar-refractivity contribution in [3.05, 3.63) is 11.6 Å². The monoisotopic (exact) mass is 592 g/mol. The van der Waals surface area contributed by atoms with Crippen LogP contribution in [-0.4, -0.2) is 51.1 Å². The summed E-state index contributed by atoms with van der Waals surface area (Å²) in [6, 6.07) is 0. The van der Waals surface area contributed by atoms with Crippen molar-refractivity contribution in [2.24, 2.45) is 56.2 Å². The number of fused-ring (bicyclic) bond motifs is 9. The van der Waals surface area contributed by atoms with Crippen LogP contribution in [0.25, 0.3) is 0 Å². The van der Waals surface area contributed by atoms with Crippen molar-refractivity contribution in [1.82, 2.24) is 0 Å². The van der Waals surface area contributed by atoms with Crippen LogP contribution in [0.4, 0.5) is 0 Å². The van der Waals surface area contributed by atoms with Crippen molar-refractivity contribution in [2.75, 3.05) is 6.61 Å². The molecular weight excluding hydrogens is 536 g/mol. The average molecular weight is 593 g/mol. The molecule has 0 radical (unpaired) electrons. The van der Waals surface area contributed by atoms with Crippen molar-refractivity contribution < 1.29 is 25.2 Å². The number of hydrogen-bond donors (Lipinski definition) is 4. The molecule has 43 heavy (non-hydrogen) atoms. The number of carbonyl (C=O) groups excluding carboxylic acids is 1. The van der Waals surface area contributed by atoms with Crippen molar-refractivity contribution in [1.29, 1.82) is 0 Å². The molecule has 0 unspecified atom stereocenters. The molecule has 0 heterocycles. The molecule has 2 bridgehead atoms. The SMILES string of the molecule is C[C@]12CCC#C[C@H](O)[C@]3(CC1)[C@H](C2)C1=CC(=O)[C@@H]2[C@@]4(C5CCCCC5)CC[C@H](O)[C@@](C)(CO)[C@H]4CC[C@@]2(C)[C@]1(C)C[C@@H]3O. The Balaban J connectivity index is 1.42. The minimum Gasteiger partial charge on any atom is -0.396 e. The number of carbonyl (C=O) groups is 1. The smallest absolute Gasteiger partial charge is 0.159 e. The van der Waals surface area contributed by atoms with Gasteiger partial charge in [-0.2, -0.15) is 0 Å². The molecule has 8 aliphatic carbocycles. The van der Waals surface area contributed by atoms with Gasteiger partial charge in [0.15, 0.2) is 5.78 Å². The van der Waals surface area contributed by atoms with Gasteiger partial charge >= 0.3 is 0 Å². The number of aliphatic hydroxyl groups excluding tert-OH is 4. The summed E-state index contributed by atoms with van der Waals surface area (Å²) in [5.41, 5.74) is -1.07. The van der Waals surface area contributed by atoms with E-state index in [9.17, 15) is 20.4 Å². The van der Waals surface area contributed by atoms with Gasteiger partial charge in [0, 0.05) is 23.2 Å². The Morgan fingerprint density at radius 3 is 2.30 bits per heavy atom. The van der Waals surface area contributed by atoms with Crippen LogP contribution in [0.3, 0.4) is 0 Å². The van der Waals surface area contributed by atoms with Gasteiger partial charge in [0.25, 0.3) is 0 Å². The largest absolute Gasteiger partial charge is 0.396 e. The minimum atomic E-state index is -0.893. The molecule has 0 aromatic heterocycles. The van der Waals surface area contributed by atoms with Crippen LogP contribution in [0.15, 0.2) is 11.6 Å². The van der Waals surface area contributed by atoms with E-state index >= 15 is 4.79 Å². The van der Waals surface area contributed by atoms with Gasteiger partial charge in [-0.05, 0) is 116 Å². The van der Waals surface area contributed by atoms with Gasteiger partial charge in [-0.1, -0.05) is 58.5 Å². The van der Waals surface area contributed by atoms with Gasteiger partial charge in [-0.3, -0.25) is 4.79 Å². The Labute approximate surface area is 259 Å². The first kappa shape index (κ1) is 30.5. The summed E-state index contributed by atoms with van der Waals surface area (Å²) in [6.07, 6.45) is 13.9. The fourth-order valence-corrected chi connectivity index (χ4v) is 13.4. The fourth-order valence-electron chi connectivity index (χ4n) is 13.4. The lowest BCUT2D eigenvalue weighted by molar-refractivity contribution is -0.246. The van der Waals surface area contributed by atoms with Crippen LogP contribution >= 0.6 is 0 Å². The molecule has 5 nitrogen and oxygen atoms in total. The molecule has 5 fully saturated rings. The van der Waals surface area contributed by atoms with Crippen LogP contribution in [0.1, 0.15) is 124 Å². The molecule has 0 amide bonds. The van der Waals surface area contributed by atoms with Gasteiger partial charge in [0.1, 0.15) is 6.10 Å². The number of allylic oxidation sites excluding steroid dienone is 2. The summed E-state index contributed by atoms with van der Waals surface area (Å²) < 4.78 is 0. The molecule has 1 spiro atoms. The summed E-state index contributed by atoms with van der Waals surface area (Å²) in [7, 11) is 0. The third-order valence-electron chi connectivity index (χ3n) is 16.1. The normalized spacial score (nSPS) is 54.8. The quantitative estimate of drug-likeness (QED) is 0.296. The molecule has 0 saturated heterocycles. The first-order chi connectivity index (χ1) is 20.3. The predicted molar refractivity (Wildman–Crippen MR) is 166 cm³/mol. The van der Waals surface area contributed by atoms with Crippen LogP contribution in [0.2, 0.25) is 0 Å². The standard InChI is InChI=1S/C38H56O5/c1-33-15-9-8-12-30(42)38(19-18-33)26(21-33)25-20-27(40)32-35(3,36(25,4)22-31(38)43)16-13-28-34(2,23-39)29(41)14-17-37(28,32)24-10-6-5-7-11-24/h20,24,26,28-32,39,41-43H,5-7,9-11,13-19,21-23H2,1-4H3/t26-,28-,29+,30+,31+,32+,33+,34+,35-,36-,37-,38+/m1/s1. The van der Waals surface area contributed by atoms with E-state index in [1.54, 1.807) is 0 Å². The first-order valence-corrected chi connectivity index (χ1v) is 17.7. The lowest BCUT2D eigenvalue weighted by Crippen LogP contribution is -2.71. The molecule has 0 aromatic rings. The zero-order chi connectivity index (χ0) is 30.6. The molecule has 5 heteroatoms. The van der Waals surface area contributed by atoms with E-state index < -0.39 is 29.1 Å². The van der Waals surface area contributed by atoms with E-state index in [0.717, 1.165) is 64.2 Å². The van der Waals surface area contributed by atoms with E-state index in [2.05, 4.69) is 39.5 Å². The summed E-state index contributed by atoms with van der Waals surface area (Å²) in [5.74, 6) is 6.90. The van der Waals surface area contributed by atoms with E-state index in [4.69, 9.17) is 0 Å². The molecule has 238 valence electrons. The van der Waals surface area contributed by atoms with Crippen LogP contribution in [-0.2, 0) is 4.79 Å². The van der Waals surface area contributed by atoms with Gasteiger partial charge in [-0.25, -0.2) is 0 Å². The van der Waals surface area contributed by atoms with Crippen molar-refractivity contribution in [3.8, 4) is 11.8 Å². The lowest BCUT2D eigenvalue weighted by atomic mass is 9.30. The highest BCUT2D eigenvalue weighted by Crippen LogP contribution is 2.77. The maximum absolute atomic E-state index is 15.1. The molecule has 8 aliphatic rings. The Hall–Kier alpha value is -1.19. The van der Waals surface area contributed by atoms with Gasteiger partial charge < -0.3 is 20.4 Å². The Kier molecular flexibility index (Phi) is 7.02. The Bertz CT molecular complexity index is 1260. The van der Waals surface area contributed by atoms with E-state index in [1.807, 2.05) is 6.08 Å². The summed E-state index contributed by atoms with van der Waals surface area (Å²) in [6.45, 7) is 9.12. The highest BCUT2D eigenvalue weighted by molar-refractivity contribution is 5.96. The van der Waals surface area contributed by atoms with Crippen molar-refractivity contribution in [2.45, 2.75) is 142 Å². The maximum Gasteiger partial charge on any atom is 0.159 e. The van der Waals surface area contributed by atoms with Crippen molar-refractivity contribution in [3.63, 3.8) is 0 Å².